The summed E-state index contributed by atoms with van der Waals surface area (Å²) in [5, 5.41) is 11.1. The van der Waals surface area contributed by atoms with E-state index in [4.69, 9.17) is 6.42 Å². The zero-order valence-corrected chi connectivity index (χ0v) is 17.4. The fraction of sp³-hybridized carbons (Fsp3) is 0.0417. The van der Waals surface area contributed by atoms with Gasteiger partial charge in [-0.05, 0) is 18.2 Å². The Bertz CT molecular complexity index is 1460. The van der Waals surface area contributed by atoms with E-state index in [1.165, 1.54) is 23.5 Å². The molecule has 0 N–H and O–H groups in total. The maximum atomic E-state index is 12.8. The second-order valence-electron chi connectivity index (χ2n) is 6.77. The molecule has 1 amide bonds. The van der Waals surface area contributed by atoms with E-state index in [9.17, 15) is 19.7 Å². The van der Waals surface area contributed by atoms with Gasteiger partial charge in [0.15, 0.2) is 10.6 Å². The Morgan fingerprint density at radius 1 is 1.00 bits per heavy atom. The molecule has 0 aliphatic carbocycles. The molecule has 0 aliphatic heterocycles. The van der Waals surface area contributed by atoms with E-state index in [1.807, 2.05) is 6.07 Å². The van der Waals surface area contributed by atoms with E-state index in [1.54, 1.807) is 59.2 Å². The molecule has 1 heterocycles. The summed E-state index contributed by atoms with van der Waals surface area (Å²) in [5.41, 5.74) is 1.80. The summed E-state index contributed by atoms with van der Waals surface area (Å²) < 4.78 is 2.32. The van der Waals surface area contributed by atoms with Crippen molar-refractivity contribution in [1.82, 2.24) is 4.57 Å². The van der Waals surface area contributed by atoms with Crippen LogP contribution in [0.3, 0.4) is 0 Å². The Balaban J connectivity index is 1.69. The third-order valence-electron chi connectivity index (χ3n) is 4.75. The molecule has 0 unspecified atom stereocenters. The van der Waals surface area contributed by atoms with Crippen molar-refractivity contribution in [1.29, 1.82) is 0 Å². The lowest BCUT2D eigenvalue weighted by molar-refractivity contribution is -0.384. The lowest BCUT2D eigenvalue weighted by Gasteiger charge is -2.02. The number of ketones is 1. The van der Waals surface area contributed by atoms with Gasteiger partial charge in [0.1, 0.15) is 0 Å². The standard InChI is InChI=1S/C24H15N3O4S/c1-2-14-26-20-15-19(27(30)31)12-13-21(20)32-24(26)25-23(29)18-10-8-17(9-11-18)22(28)16-6-4-3-5-7-16/h1,3-13,15H,14H2. The van der Waals surface area contributed by atoms with E-state index < -0.39 is 10.8 Å². The molecule has 0 radical (unpaired) electrons. The van der Waals surface area contributed by atoms with Gasteiger partial charge in [0.2, 0.25) is 0 Å². The molecule has 0 saturated carbocycles. The van der Waals surface area contributed by atoms with Gasteiger partial charge < -0.3 is 4.57 Å². The molecule has 4 aromatic rings. The van der Waals surface area contributed by atoms with Crippen LogP contribution in [0.2, 0.25) is 0 Å². The number of nitrogens with zero attached hydrogens (tertiary/aromatic N) is 3. The first kappa shape index (κ1) is 20.9. The number of non-ortho nitro benzene ring substituents is 1. The van der Waals surface area contributed by atoms with E-state index in [-0.39, 0.29) is 18.0 Å². The normalized spacial score (nSPS) is 11.3. The topological polar surface area (TPSA) is 94.6 Å². The predicted molar refractivity (Wildman–Crippen MR) is 122 cm³/mol. The Hall–Kier alpha value is -4.35. The van der Waals surface area contributed by atoms with Gasteiger partial charge in [-0.1, -0.05) is 59.7 Å². The van der Waals surface area contributed by atoms with Crippen LogP contribution in [0, 0.1) is 22.5 Å². The van der Waals surface area contributed by atoms with Crippen LogP contribution < -0.4 is 4.80 Å². The number of rotatable bonds is 5. The molecule has 32 heavy (non-hydrogen) atoms. The van der Waals surface area contributed by atoms with Crippen LogP contribution in [0.25, 0.3) is 10.2 Å². The maximum absolute atomic E-state index is 12.8. The minimum Gasteiger partial charge on any atom is -0.304 e. The summed E-state index contributed by atoms with van der Waals surface area (Å²) in [7, 11) is 0. The van der Waals surface area contributed by atoms with E-state index in [0.717, 1.165) is 4.70 Å². The van der Waals surface area contributed by atoms with Gasteiger partial charge in [0.05, 0.1) is 21.7 Å². The number of amides is 1. The summed E-state index contributed by atoms with van der Waals surface area (Å²) in [6.07, 6.45) is 5.45. The average molecular weight is 441 g/mol. The second-order valence-corrected chi connectivity index (χ2v) is 7.78. The Labute approximate surface area is 186 Å². The Morgan fingerprint density at radius 2 is 1.66 bits per heavy atom. The lowest BCUT2D eigenvalue weighted by Crippen LogP contribution is -2.16. The molecule has 156 valence electrons. The van der Waals surface area contributed by atoms with Gasteiger partial charge >= 0.3 is 0 Å². The molecule has 8 heteroatoms. The van der Waals surface area contributed by atoms with Crippen LogP contribution in [0.5, 0.6) is 0 Å². The fourth-order valence-electron chi connectivity index (χ4n) is 3.17. The largest absolute Gasteiger partial charge is 0.304 e. The summed E-state index contributed by atoms with van der Waals surface area (Å²) in [6.45, 7) is 0.109. The summed E-state index contributed by atoms with van der Waals surface area (Å²) >= 11 is 1.22. The smallest absolute Gasteiger partial charge is 0.279 e. The highest BCUT2D eigenvalue weighted by Gasteiger charge is 2.14. The first-order valence-corrected chi connectivity index (χ1v) is 10.3. The van der Waals surface area contributed by atoms with Crippen molar-refractivity contribution in [3.05, 3.63) is 104 Å². The van der Waals surface area contributed by atoms with Crippen molar-refractivity contribution in [3.8, 4) is 12.3 Å². The van der Waals surface area contributed by atoms with Crippen molar-refractivity contribution in [2.24, 2.45) is 4.99 Å². The van der Waals surface area contributed by atoms with Gasteiger partial charge in [-0.2, -0.15) is 4.99 Å². The van der Waals surface area contributed by atoms with Crippen molar-refractivity contribution in [2.75, 3.05) is 0 Å². The molecule has 0 atom stereocenters. The first-order chi connectivity index (χ1) is 15.5. The number of benzene rings is 3. The van der Waals surface area contributed by atoms with Crippen LogP contribution >= 0.6 is 11.3 Å². The molecule has 0 spiro atoms. The maximum Gasteiger partial charge on any atom is 0.279 e. The summed E-state index contributed by atoms with van der Waals surface area (Å²) in [5.74, 6) is 1.85. The number of nitro groups is 1. The number of terminal acetylenes is 1. The van der Waals surface area contributed by atoms with Gasteiger partial charge in [0.25, 0.3) is 11.6 Å². The van der Waals surface area contributed by atoms with Crippen molar-refractivity contribution >= 4 is 38.9 Å². The molecule has 0 aliphatic rings. The predicted octanol–water partition coefficient (Wildman–Crippen LogP) is 4.22. The number of fused-ring (bicyclic) bond motifs is 1. The van der Waals surface area contributed by atoms with Gasteiger partial charge in [0, 0.05) is 28.8 Å². The van der Waals surface area contributed by atoms with Gasteiger partial charge in [-0.3, -0.25) is 19.7 Å². The SMILES string of the molecule is C#CCn1c(=NC(=O)c2ccc(C(=O)c3ccccc3)cc2)sc2ccc([N+](=O)[O-])cc21. The zero-order chi connectivity index (χ0) is 22.7. The van der Waals surface area contributed by atoms with Crippen LogP contribution in [0.4, 0.5) is 5.69 Å². The third-order valence-corrected chi connectivity index (χ3v) is 5.81. The number of carbonyl (C=O) groups excluding carboxylic acids is 2. The average Bonchev–Trinajstić information content (AvgIpc) is 3.15. The van der Waals surface area contributed by atoms with Crippen LogP contribution in [-0.2, 0) is 6.54 Å². The molecule has 1 aromatic heterocycles. The number of hydrogen-bond acceptors (Lipinski definition) is 5. The monoisotopic (exact) mass is 441 g/mol. The minimum absolute atomic E-state index is 0.0716. The molecule has 0 saturated heterocycles. The zero-order valence-electron chi connectivity index (χ0n) is 16.6. The van der Waals surface area contributed by atoms with Crippen LogP contribution in [-0.4, -0.2) is 21.2 Å². The quantitative estimate of drug-likeness (QED) is 0.201. The molecular weight excluding hydrogens is 426 g/mol. The van der Waals surface area contributed by atoms with Crippen LogP contribution in [0.1, 0.15) is 26.3 Å². The fourth-order valence-corrected chi connectivity index (χ4v) is 4.18. The number of aromatic nitrogens is 1. The van der Waals surface area contributed by atoms with Crippen molar-refractivity contribution in [3.63, 3.8) is 0 Å². The third kappa shape index (κ3) is 4.10. The highest BCUT2D eigenvalue weighted by atomic mass is 32.1. The lowest BCUT2D eigenvalue weighted by atomic mass is 10.0. The van der Waals surface area contributed by atoms with Crippen LogP contribution in [0.15, 0.2) is 77.8 Å². The first-order valence-electron chi connectivity index (χ1n) is 9.48. The van der Waals surface area contributed by atoms with Gasteiger partial charge in [-0.25, -0.2) is 0 Å². The second kappa shape index (κ2) is 8.79. The minimum atomic E-state index is -0.504. The molecule has 0 bridgehead atoms. The number of hydrogen-bond donors (Lipinski definition) is 0. The number of thiazole rings is 1. The summed E-state index contributed by atoms with van der Waals surface area (Å²) in [6, 6.07) is 19.5. The highest BCUT2D eigenvalue weighted by Crippen LogP contribution is 2.23. The molecule has 4 rings (SSSR count). The molecule has 0 fully saturated rings. The molecule has 7 nitrogen and oxygen atoms in total. The Kier molecular flexibility index (Phi) is 5.75. The molecular formula is C24H15N3O4S. The molecule has 3 aromatic carbocycles. The number of nitro benzene ring substituents is 1. The van der Waals surface area contributed by atoms with E-state index in [2.05, 4.69) is 10.9 Å². The van der Waals surface area contributed by atoms with Crippen molar-refractivity contribution < 1.29 is 14.5 Å². The van der Waals surface area contributed by atoms with Gasteiger partial charge in [-0.15, -0.1) is 6.42 Å². The summed E-state index contributed by atoms with van der Waals surface area (Å²) in [4.78, 5) is 40.4. The number of carbonyl (C=O) groups is 2. The van der Waals surface area contributed by atoms with Crippen molar-refractivity contribution in [2.45, 2.75) is 6.54 Å². The van der Waals surface area contributed by atoms with E-state index in [0.29, 0.717) is 27.0 Å². The highest BCUT2D eigenvalue weighted by molar-refractivity contribution is 7.16. The Morgan fingerprint density at radius 3 is 2.31 bits per heavy atom. The van der Waals surface area contributed by atoms with E-state index >= 15 is 0 Å².